The summed E-state index contributed by atoms with van der Waals surface area (Å²) in [4.78, 5) is 2.09. The van der Waals surface area contributed by atoms with Gasteiger partial charge in [-0.3, -0.25) is 4.55 Å². The Hall–Kier alpha value is -0.0700. The molecule has 0 spiro atoms. The fourth-order valence-corrected chi connectivity index (χ4v) is 2.92. The predicted molar refractivity (Wildman–Crippen MR) is 67.1 cm³/mol. The molecule has 0 bridgehead atoms. The molecule has 1 aromatic rings. The van der Waals surface area contributed by atoms with Crippen LogP contribution in [0.2, 0.25) is 0 Å². The number of hydrogen-bond donors (Lipinski definition) is 1. The van der Waals surface area contributed by atoms with Crippen molar-refractivity contribution in [1.29, 1.82) is 0 Å². The number of benzene rings is 1. The van der Waals surface area contributed by atoms with Crippen LogP contribution in [-0.2, 0) is 15.5 Å². The van der Waals surface area contributed by atoms with Crippen LogP contribution in [0.15, 0.2) is 23.1 Å². The van der Waals surface area contributed by atoms with Gasteiger partial charge in [-0.15, -0.1) is 0 Å². The molecule has 1 atom stereocenters. The Bertz CT molecular complexity index is 569. The summed E-state index contributed by atoms with van der Waals surface area (Å²) in [6.07, 6.45) is 0. The minimum atomic E-state index is -4.13. The predicted octanol–water partition coefficient (Wildman–Crippen LogP) is -0.947. The molecule has 1 N–H and O–H groups in total. The Morgan fingerprint density at radius 3 is 2.39 bits per heavy atom. The van der Waals surface area contributed by atoms with Crippen molar-refractivity contribution in [3.05, 3.63) is 23.8 Å². The van der Waals surface area contributed by atoms with E-state index in [-0.39, 0.29) is 45.9 Å². The summed E-state index contributed by atoms with van der Waals surface area (Å²) < 4.78 is 31.4. The third-order valence-corrected chi connectivity index (χ3v) is 4.82. The second-order valence-corrected chi connectivity index (χ2v) is 6.58. The van der Waals surface area contributed by atoms with Crippen LogP contribution < -0.4 is 34.5 Å². The number of hydrogen-bond acceptors (Lipinski definition) is 3. The minimum absolute atomic E-state index is 0. The maximum Gasteiger partial charge on any atom is 1.00 e. The number of anilines is 1. The van der Waals surface area contributed by atoms with Crippen LogP contribution in [0.1, 0.15) is 26.3 Å². The average molecular weight is 278 g/mol. The molecule has 1 aliphatic rings. The number of likely N-dealkylation sites (N-methyl/N-ethyl adjacent to an activating group) is 1. The van der Waals surface area contributed by atoms with Gasteiger partial charge in [-0.25, -0.2) is 0 Å². The van der Waals surface area contributed by atoms with Crippen LogP contribution in [0.5, 0.6) is 0 Å². The molecule has 6 heteroatoms. The summed E-state index contributed by atoms with van der Waals surface area (Å²) in [5, 5.41) is 0. The Morgan fingerprint density at radius 2 is 1.89 bits per heavy atom. The molecular formula is C12H17NNaO3S+. The molecule has 1 heterocycles. The van der Waals surface area contributed by atoms with Crippen molar-refractivity contribution in [1.82, 2.24) is 0 Å². The molecule has 1 aliphatic heterocycles. The molecule has 0 radical (unpaired) electrons. The van der Waals surface area contributed by atoms with Gasteiger partial charge in [0.15, 0.2) is 0 Å². The van der Waals surface area contributed by atoms with Crippen molar-refractivity contribution in [2.75, 3.05) is 11.9 Å². The van der Waals surface area contributed by atoms with Gasteiger partial charge in [0, 0.05) is 24.2 Å². The summed E-state index contributed by atoms with van der Waals surface area (Å²) in [7, 11) is -2.14. The Balaban J connectivity index is 0.00000162. The second-order valence-electron chi connectivity index (χ2n) is 5.16. The van der Waals surface area contributed by atoms with E-state index in [9.17, 15) is 8.42 Å². The molecule has 0 fully saturated rings. The largest absolute Gasteiger partial charge is 1.00 e. The zero-order chi connectivity index (χ0) is 13.0. The molecule has 0 saturated carbocycles. The van der Waals surface area contributed by atoms with E-state index in [0.29, 0.717) is 0 Å². The number of rotatable bonds is 1. The molecule has 4 nitrogen and oxygen atoms in total. The molecule has 0 saturated heterocycles. The van der Waals surface area contributed by atoms with Crippen LogP contribution in [-0.4, -0.2) is 26.1 Å². The standard InChI is InChI=1S/C12H17NO3S.Na/c1-8-12(2,3)10-7-9(17(14,15)16)5-6-11(10)13(8)4;/h5-8H,1-4H3,(H,14,15,16);/q;+1. The number of nitrogens with zero attached hydrogens (tertiary/aromatic N) is 1. The van der Waals surface area contributed by atoms with Crippen LogP contribution in [0.4, 0.5) is 5.69 Å². The molecule has 18 heavy (non-hydrogen) atoms. The first-order chi connectivity index (χ1) is 7.65. The van der Waals surface area contributed by atoms with Gasteiger partial charge in [0.25, 0.3) is 10.1 Å². The molecular weight excluding hydrogens is 261 g/mol. The van der Waals surface area contributed by atoms with Gasteiger partial charge in [-0.2, -0.15) is 8.42 Å². The van der Waals surface area contributed by atoms with E-state index in [1.54, 1.807) is 12.1 Å². The second kappa shape index (κ2) is 4.80. The maximum absolute atomic E-state index is 11.1. The van der Waals surface area contributed by atoms with Gasteiger partial charge in [-0.05, 0) is 30.7 Å². The summed E-state index contributed by atoms with van der Waals surface area (Å²) >= 11 is 0. The summed E-state index contributed by atoms with van der Waals surface area (Å²) in [6.45, 7) is 6.26. The maximum atomic E-state index is 11.1. The van der Waals surface area contributed by atoms with Crippen molar-refractivity contribution >= 4 is 15.8 Å². The van der Waals surface area contributed by atoms with Gasteiger partial charge in [0.05, 0.1) is 4.90 Å². The first-order valence-corrected chi connectivity index (χ1v) is 6.94. The van der Waals surface area contributed by atoms with Crippen molar-refractivity contribution < 1.29 is 42.5 Å². The smallest absolute Gasteiger partial charge is 0.371 e. The topological polar surface area (TPSA) is 57.6 Å². The normalized spacial score (nSPS) is 21.4. The minimum Gasteiger partial charge on any atom is -0.371 e. The Morgan fingerprint density at radius 1 is 1.33 bits per heavy atom. The fourth-order valence-electron chi connectivity index (χ4n) is 2.42. The van der Waals surface area contributed by atoms with E-state index in [0.717, 1.165) is 11.3 Å². The van der Waals surface area contributed by atoms with Gasteiger partial charge < -0.3 is 4.90 Å². The van der Waals surface area contributed by atoms with Crippen LogP contribution in [0.3, 0.4) is 0 Å². The van der Waals surface area contributed by atoms with E-state index < -0.39 is 10.1 Å². The van der Waals surface area contributed by atoms with E-state index in [1.807, 2.05) is 7.05 Å². The molecule has 0 amide bonds. The molecule has 0 aromatic heterocycles. The molecule has 1 aromatic carbocycles. The fraction of sp³-hybridized carbons (Fsp3) is 0.500. The van der Waals surface area contributed by atoms with Gasteiger partial charge in [0.2, 0.25) is 0 Å². The van der Waals surface area contributed by atoms with E-state index >= 15 is 0 Å². The van der Waals surface area contributed by atoms with E-state index in [2.05, 4.69) is 25.7 Å². The van der Waals surface area contributed by atoms with Crippen LogP contribution in [0.25, 0.3) is 0 Å². The average Bonchev–Trinajstić information content (AvgIpc) is 2.39. The molecule has 2 rings (SSSR count). The van der Waals surface area contributed by atoms with Crippen molar-refractivity contribution in [2.45, 2.75) is 37.1 Å². The number of fused-ring (bicyclic) bond motifs is 1. The van der Waals surface area contributed by atoms with Crippen molar-refractivity contribution in [3.8, 4) is 0 Å². The zero-order valence-electron chi connectivity index (χ0n) is 11.4. The first kappa shape index (κ1) is 16.0. The third-order valence-electron chi connectivity index (χ3n) is 3.97. The SMILES string of the molecule is CC1N(C)c2ccc(S(=O)(=O)O)cc2C1(C)C.[Na+]. The van der Waals surface area contributed by atoms with E-state index in [1.165, 1.54) is 6.07 Å². The Labute approximate surface area is 130 Å². The quantitative estimate of drug-likeness (QED) is 0.532. The van der Waals surface area contributed by atoms with Gasteiger partial charge in [-0.1, -0.05) is 13.8 Å². The third kappa shape index (κ3) is 2.34. The van der Waals surface area contributed by atoms with Gasteiger partial charge in [0.1, 0.15) is 0 Å². The first-order valence-electron chi connectivity index (χ1n) is 5.50. The monoisotopic (exact) mass is 278 g/mol. The molecule has 0 aliphatic carbocycles. The van der Waals surface area contributed by atoms with Gasteiger partial charge >= 0.3 is 29.6 Å². The summed E-state index contributed by atoms with van der Waals surface area (Å²) in [5.41, 5.74) is 1.85. The van der Waals surface area contributed by atoms with Crippen LogP contribution in [0, 0.1) is 0 Å². The van der Waals surface area contributed by atoms with Crippen molar-refractivity contribution in [2.24, 2.45) is 0 Å². The van der Waals surface area contributed by atoms with E-state index in [4.69, 9.17) is 4.55 Å². The van der Waals surface area contributed by atoms with Crippen molar-refractivity contribution in [3.63, 3.8) is 0 Å². The summed E-state index contributed by atoms with van der Waals surface area (Å²) in [5.74, 6) is 0. The molecule has 1 unspecified atom stereocenters. The molecule has 94 valence electrons. The zero-order valence-corrected chi connectivity index (χ0v) is 14.2. The summed E-state index contributed by atoms with van der Waals surface area (Å²) in [6, 6.07) is 5.06. The van der Waals surface area contributed by atoms with Crippen LogP contribution >= 0.6 is 0 Å². The Kier molecular flexibility index (Phi) is 4.26.